The van der Waals surface area contributed by atoms with Crippen molar-refractivity contribution in [2.45, 2.75) is 32.0 Å². The van der Waals surface area contributed by atoms with E-state index < -0.39 is 17.0 Å². The topological polar surface area (TPSA) is 151 Å². The van der Waals surface area contributed by atoms with E-state index in [1.165, 1.54) is 9.25 Å². The van der Waals surface area contributed by atoms with Crippen LogP contribution in [0.5, 0.6) is 5.75 Å². The van der Waals surface area contributed by atoms with Gasteiger partial charge in [-0.2, -0.15) is 4.68 Å². The molecule has 30 heavy (non-hydrogen) atoms. The van der Waals surface area contributed by atoms with Crippen LogP contribution < -0.4 is 21.7 Å². The monoisotopic (exact) mass is 431 g/mol. The average Bonchev–Trinajstić information content (AvgIpc) is 3.18. The van der Waals surface area contributed by atoms with Gasteiger partial charge in [0.05, 0.1) is 12.4 Å². The highest BCUT2D eigenvalue weighted by molar-refractivity contribution is 7.99. The first-order chi connectivity index (χ1) is 14.5. The van der Waals surface area contributed by atoms with Crippen LogP contribution in [0, 0.1) is 0 Å². The van der Waals surface area contributed by atoms with Gasteiger partial charge in [-0.25, -0.2) is 4.79 Å². The van der Waals surface area contributed by atoms with Gasteiger partial charge in [0.25, 0.3) is 5.56 Å². The molecule has 3 aromatic rings. The summed E-state index contributed by atoms with van der Waals surface area (Å²) in [6, 6.07) is 7.22. The number of nitrogens with two attached hydrogens (primary N) is 1. The van der Waals surface area contributed by atoms with Gasteiger partial charge in [-0.3, -0.25) is 19.1 Å². The van der Waals surface area contributed by atoms with E-state index in [9.17, 15) is 14.4 Å². The lowest BCUT2D eigenvalue weighted by molar-refractivity contribution is 0.102. The number of aromatic nitrogens is 6. The Balaban J connectivity index is 1.86. The van der Waals surface area contributed by atoms with Gasteiger partial charge in [0, 0.05) is 6.54 Å². The molecule has 0 radical (unpaired) electrons. The van der Waals surface area contributed by atoms with Crippen molar-refractivity contribution < 1.29 is 9.53 Å². The van der Waals surface area contributed by atoms with Crippen LogP contribution in [0.1, 0.15) is 30.6 Å². The third-order valence-corrected chi connectivity index (χ3v) is 5.05. The van der Waals surface area contributed by atoms with Crippen molar-refractivity contribution in [2.24, 2.45) is 0 Å². The largest absolute Gasteiger partial charge is 0.492 e. The molecule has 0 saturated carbocycles. The average molecular weight is 431 g/mol. The van der Waals surface area contributed by atoms with Crippen molar-refractivity contribution in [3.63, 3.8) is 0 Å². The lowest BCUT2D eigenvalue weighted by atomic mass is 10.2. The van der Waals surface area contributed by atoms with Crippen LogP contribution in [0.2, 0.25) is 0 Å². The van der Waals surface area contributed by atoms with Gasteiger partial charge >= 0.3 is 5.69 Å². The number of aromatic amines is 1. The number of benzene rings is 1. The van der Waals surface area contributed by atoms with Crippen LogP contribution in [0.25, 0.3) is 5.69 Å². The first kappa shape index (κ1) is 21.3. The lowest BCUT2D eigenvalue weighted by Crippen LogP contribution is -2.36. The lowest BCUT2D eigenvalue weighted by Gasteiger charge is -2.11. The quantitative estimate of drug-likeness (QED) is 0.371. The van der Waals surface area contributed by atoms with E-state index in [1.807, 2.05) is 26.0 Å². The molecule has 3 N–H and O–H groups in total. The maximum atomic E-state index is 12.7. The maximum Gasteiger partial charge on any atom is 0.329 e. The Morgan fingerprint density at radius 3 is 2.77 bits per heavy atom. The molecule has 11 nitrogen and oxygen atoms in total. The Bertz CT molecular complexity index is 1170. The predicted molar refractivity (Wildman–Crippen MR) is 111 cm³/mol. The number of para-hydroxylation sites is 2. The van der Waals surface area contributed by atoms with Gasteiger partial charge < -0.3 is 10.5 Å². The summed E-state index contributed by atoms with van der Waals surface area (Å²) in [4.78, 5) is 39.0. The highest BCUT2D eigenvalue weighted by Gasteiger charge is 2.21. The molecular formula is C18H21N7O4S. The molecular weight excluding hydrogens is 410 g/mol. The Hall–Kier alpha value is -3.41. The fourth-order valence-corrected chi connectivity index (χ4v) is 3.59. The van der Waals surface area contributed by atoms with Gasteiger partial charge in [0.1, 0.15) is 22.8 Å². The van der Waals surface area contributed by atoms with Crippen LogP contribution in [0.15, 0.2) is 39.0 Å². The molecule has 1 aromatic carbocycles. The zero-order chi connectivity index (χ0) is 21.7. The summed E-state index contributed by atoms with van der Waals surface area (Å²) in [5.41, 5.74) is 4.87. The second kappa shape index (κ2) is 9.39. The fraction of sp³-hybridized carbons (Fsp3) is 0.333. The van der Waals surface area contributed by atoms with Crippen molar-refractivity contribution in [3.05, 3.63) is 50.7 Å². The Morgan fingerprint density at radius 1 is 1.27 bits per heavy atom. The second-order valence-electron chi connectivity index (χ2n) is 6.16. The second-order valence-corrected chi connectivity index (χ2v) is 7.10. The zero-order valence-electron chi connectivity index (χ0n) is 16.5. The minimum atomic E-state index is -0.809. The Morgan fingerprint density at radius 2 is 2.03 bits per heavy atom. The number of thioether (sulfide) groups is 1. The van der Waals surface area contributed by atoms with Crippen molar-refractivity contribution in [3.8, 4) is 11.4 Å². The van der Waals surface area contributed by atoms with Crippen LogP contribution in [0.3, 0.4) is 0 Å². The predicted octanol–water partition coefficient (Wildman–Crippen LogP) is 0.878. The Kier molecular flexibility index (Phi) is 6.67. The molecule has 158 valence electrons. The number of hydrogen-bond acceptors (Lipinski definition) is 9. The van der Waals surface area contributed by atoms with E-state index in [2.05, 4.69) is 20.5 Å². The number of ketones is 1. The molecule has 2 aromatic heterocycles. The number of nitrogen functional groups attached to an aromatic ring is 1. The molecule has 0 atom stereocenters. The normalized spacial score (nSPS) is 10.9. The smallest absolute Gasteiger partial charge is 0.329 e. The number of ether oxygens (including phenoxy) is 1. The minimum Gasteiger partial charge on any atom is -0.492 e. The molecule has 0 amide bonds. The highest BCUT2D eigenvalue weighted by atomic mass is 32.2. The zero-order valence-corrected chi connectivity index (χ0v) is 17.3. The minimum absolute atomic E-state index is 0.141. The van der Waals surface area contributed by atoms with Gasteiger partial charge in [-0.05, 0) is 35.9 Å². The Labute approximate surface area is 175 Å². The molecule has 0 fully saturated rings. The van der Waals surface area contributed by atoms with Crippen molar-refractivity contribution >= 4 is 23.4 Å². The van der Waals surface area contributed by atoms with Crippen LogP contribution in [-0.2, 0) is 6.54 Å². The summed E-state index contributed by atoms with van der Waals surface area (Å²) in [6.45, 7) is 4.48. The number of nitrogens with one attached hydrogen (secondary N) is 1. The number of anilines is 1. The van der Waals surface area contributed by atoms with Crippen molar-refractivity contribution in [1.29, 1.82) is 0 Å². The van der Waals surface area contributed by atoms with E-state index in [-0.39, 0.29) is 17.1 Å². The van der Waals surface area contributed by atoms with E-state index in [4.69, 9.17) is 10.5 Å². The summed E-state index contributed by atoms with van der Waals surface area (Å²) >= 11 is 1.05. The molecule has 0 aliphatic carbocycles. The SMILES string of the molecule is CCCn1c(N)c(C(=O)CSc2nnnn2-c2ccccc2OCC)c(=O)[nH]c1=O. The van der Waals surface area contributed by atoms with Crippen LogP contribution in [-0.4, -0.2) is 47.9 Å². The van der Waals surface area contributed by atoms with Crippen molar-refractivity contribution in [1.82, 2.24) is 29.8 Å². The van der Waals surface area contributed by atoms with Gasteiger partial charge in [-0.15, -0.1) is 5.10 Å². The third kappa shape index (κ3) is 4.27. The van der Waals surface area contributed by atoms with Gasteiger partial charge in [0.15, 0.2) is 5.78 Å². The molecule has 0 aliphatic heterocycles. The molecule has 0 bridgehead atoms. The standard InChI is InChI=1S/C18H21N7O4S/c1-3-9-24-15(19)14(16(27)20-17(24)28)12(26)10-30-18-21-22-23-25(18)11-7-5-6-8-13(11)29-4-2/h5-8H,3-4,9-10,19H2,1-2H3,(H,20,27,28). The summed E-state index contributed by atoms with van der Waals surface area (Å²) < 4.78 is 8.24. The van der Waals surface area contributed by atoms with Gasteiger partial charge in [0.2, 0.25) is 5.16 Å². The summed E-state index contributed by atoms with van der Waals surface area (Å²) in [5, 5.41) is 11.9. The third-order valence-electron chi connectivity index (χ3n) is 4.13. The van der Waals surface area contributed by atoms with E-state index in [0.29, 0.717) is 36.2 Å². The number of Topliss-reactive ketones (excluding diaryl/α,β-unsaturated/α-hetero) is 1. The maximum absolute atomic E-state index is 12.7. The van der Waals surface area contributed by atoms with E-state index in [0.717, 1.165) is 11.8 Å². The summed E-state index contributed by atoms with van der Waals surface area (Å²) in [5.74, 6) is -0.226. The van der Waals surface area contributed by atoms with E-state index in [1.54, 1.807) is 12.1 Å². The first-order valence-electron chi connectivity index (χ1n) is 9.27. The number of hydrogen-bond donors (Lipinski definition) is 2. The molecule has 0 spiro atoms. The number of carbonyl (C=O) groups is 1. The molecule has 0 saturated heterocycles. The number of H-pyrrole nitrogens is 1. The number of nitrogens with zero attached hydrogens (tertiary/aromatic N) is 5. The molecule has 0 aliphatic rings. The highest BCUT2D eigenvalue weighted by Crippen LogP contribution is 2.26. The van der Waals surface area contributed by atoms with Crippen LogP contribution in [0.4, 0.5) is 5.82 Å². The van der Waals surface area contributed by atoms with E-state index >= 15 is 0 Å². The van der Waals surface area contributed by atoms with Crippen molar-refractivity contribution in [2.75, 3.05) is 18.1 Å². The fourth-order valence-electron chi connectivity index (χ4n) is 2.83. The number of rotatable bonds is 9. The van der Waals surface area contributed by atoms with Gasteiger partial charge in [-0.1, -0.05) is 30.8 Å². The van der Waals surface area contributed by atoms with Crippen LogP contribution >= 0.6 is 11.8 Å². The molecule has 2 heterocycles. The summed E-state index contributed by atoms with van der Waals surface area (Å²) in [6.07, 6.45) is 0.618. The molecule has 3 rings (SSSR count). The molecule has 12 heteroatoms. The number of tetrazole rings is 1. The number of carbonyl (C=O) groups excluding carboxylic acids is 1. The molecule has 0 unspecified atom stereocenters. The summed E-state index contributed by atoms with van der Waals surface area (Å²) in [7, 11) is 0. The first-order valence-corrected chi connectivity index (χ1v) is 10.3.